The summed E-state index contributed by atoms with van der Waals surface area (Å²) in [6, 6.07) is 10.0. The molecule has 1 aliphatic rings. The Bertz CT molecular complexity index is 856. The van der Waals surface area contributed by atoms with E-state index in [0.717, 1.165) is 4.57 Å². The van der Waals surface area contributed by atoms with Crippen LogP contribution in [0, 0.1) is 5.92 Å². The number of alkyl halides is 2. The molecule has 26 heavy (non-hydrogen) atoms. The Morgan fingerprint density at radius 2 is 2.08 bits per heavy atom. The van der Waals surface area contributed by atoms with Gasteiger partial charge in [0.25, 0.3) is 5.91 Å². The van der Waals surface area contributed by atoms with Crippen molar-refractivity contribution in [1.29, 1.82) is 0 Å². The van der Waals surface area contributed by atoms with Gasteiger partial charge >= 0.3 is 5.69 Å². The third-order valence-corrected chi connectivity index (χ3v) is 5.67. The number of halogens is 2. The molecule has 6 nitrogen and oxygen atoms in total. The molecule has 1 aromatic carbocycles. The maximum atomic E-state index is 15.0. The normalized spacial score (nSPS) is 28.1. The molecular weight excluding hydrogens is 405 g/mol. The molecule has 8 heteroatoms. The van der Waals surface area contributed by atoms with Gasteiger partial charge < -0.3 is 10.1 Å². The van der Waals surface area contributed by atoms with Gasteiger partial charge in [0.15, 0.2) is 6.23 Å². The lowest BCUT2D eigenvalue weighted by Gasteiger charge is -2.23. The lowest BCUT2D eigenvalue weighted by molar-refractivity contribution is -0.0287. The molecule has 1 aromatic heterocycles. The van der Waals surface area contributed by atoms with E-state index in [9.17, 15) is 9.59 Å². The molecule has 0 saturated carbocycles. The van der Waals surface area contributed by atoms with Crippen LogP contribution >= 0.6 is 15.9 Å². The molecule has 1 saturated heterocycles. The van der Waals surface area contributed by atoms with Crippen LogP contribution in [-0.2, 0) is 4.74 Å². The number of nitrogens with zero attached hydrogens (tertiary/aromatic N) is 2. The molecule has 0 bridgehead atoms. The number of hydrogen-bond acceptors (Lipinski definition) is 4. The molecule has 0 spiro atoms. The zero-order chi connectivity index (χ0) is 18.9. The van der Waals surface area contributed by atoms with Gasteiger partial charge in [-0.25, -0.2) is 9.18 Å². The molecule has 3 rings (SSSR count). The monoisotopic (exact) mass is 423 g/mol. The standard InChI is InChI=1S/C18H19BrFN3O3/c1-3-13-11(2)18(19,20)16(26-13)23-10-9-14(22-17(23)25)21-15(24)12-7-5-4-6-8-12/h4-11,13,16H,3H2,1-2H3,(H,21,22,24,25)/t11-,13-,16?,18-/m1/s1. The summed E-state index contributed by atoms with van der Waals surface area (Å²) in [5.74, 6) is -0.716. The van der Waals surface area contributed by atoms with E-state index in [2.05, 4.69) is 26.2 Å². The highest BCUT2D eigenvalue weighted by Crippen LogP contribution is 2.50. The molecule has 4 atom stereocenters. The summed E-state index contributed by atoms with van der Waals surface area (Å²) in [6.45, 7) is 3.63. The number of benzene rings is 1. The summed E-state index contributed by atoms with van der Waals surface area (Å²) >= 11 is 3.07. The fourth-order valence-electron chi connectivity index (χ4n) is 2.99. The third-order valence-electron chi connectivity index (χ3n) is 4.56. The van der Waals surface area contributed by atoms with Crippen molar-refractivity contribution in [2.45, 2.75) is 37.2 Å². The van der Waals surface area contributed by atoms with Crippen molar-refractivity contribution in [3.05, 3.63) is 58.6 Å². The first-order valence-electron chi connectivity index (χ1n) is 8.33. The van der Waals surface area contributed by atoms with Crippen molar-refractivity contribution in [1.82, 2.24) is 9.55 Å². The van der Waals surface area contributed by atoms with Gasteiger partial charge in [-0.2, -0.15) is 4.98 Å². The van der Waals surface area contributed by atoms with Crippen LogP contribution in [0.3, 0.4) is 0 Å². The van der Waals surface area contributed by atoms with Crippen LogP contribution in [0.5, 0.6) is 0 Å². The van der Waals surface area contributed by atoms with Gasteiger partial charge in [0.05, 0.1) is 6.10 Å². The molecule has 1 unspecified atom stereocenters. The largest absolute Gasteiger partial charge is 0.351 e. The maximum absolute atomic E-state index is 15.0. The Labute approximate surface area is 158 Å². The maximum Gasteiger partial charge on any atom is 0.351 e. The summed E-state index contributed by atoms with van der Waals surface area (Å²) in [7, 11) is 0. The van der Waals surface area contributed by atoms with Crippen LogP contribution in [0.2, 0.25) is 0 Å². The van der Waals surface area contributed by atoms with Crippen molar-refractivity contribution in [3.8, 4) is 0 Å². The van der Waals surface area contributed by atoms with Crippen LogP contribution in [0.1, 0.15) is 36.9 Å². The Morgan fingerprint density at radius 1 is 1.38 bits per heavy atom. The van der Waals surface area contributed by atoms with Crippen molar-refractivity contribution >= 4 is 27.7 Å². The molecule has 2 aromatic rings. The molecule has 0 aliphatic carbocycles. The minimum atomic E-state index is -1.88. The number of carbonyl (C=O) groups excluding carboxylic acids is 1. The Balaban J connectivity index is 1.82. The van der Waals surface area contributed by atoms with Gasteiger partial charge in [0.2, 0.25) is 4.58 Å². The van der Waals surface area contributed by atoms with Crippen LogP contribution < -0.4 is 11.0 Å². The van der Waals surface area contributed by atoms with Crippen LogP contribution in [0.25, 0.3) is 0 Å². The summed E-state index contributed by atoms with van der Waals surface area (Å²) < 4.78 is 20.0. The smallest absolute Gasteiger partial charge is 0.350 e. The number of nitrogens with one attached hydrogen (secondary N) is 1. The summed E-state index contributed by atoms with van der Waals surface area (Å²) in [4.78, 5) is 28.3. The lowest BCUT2D eigenvalue weighted by atomic mass is 10.00. The predicted molar refractivity (Wildman–Crippen MR) is 99.0 cm³/mol. The van der Waals surface area contributed by atoms with E-state index >= 15 is 4.39 Å². The quantitative estimate of drug-likeness (QED) is 0.763. The first kappa shape index (κ1) is 18.7. The lowest BCUT2D eigenvalue weighted by Crippen LogP contribution is -2.36. The van der Waals surface area contributed by atoms with Crippen molar-refractivity contribution in [2.24, 2.45) is 5.92 Å². The minimum absolute atomic E-state index is 0.0946. The fourth-order valence-corrected chi connectivity index (χ4v) is 3.61. The molecule has 0 radical (unpaired) electrons. The molecular formula is C18H19BrFN3O3. The Kier molecular flexibility index (Phi) is 5.24. The van der Waals surface area contributed by atoms with Gasteiger partial charge in [-0.1, -0.05) is 32.0 Å². The van der Waals surface area contributed by atoms with E-state index in [1.54, 1.807) is 37.3 Å². The third kappa shape index (κ3) is 3.43. The first-order chi connectivity index (χ1) is 12.3. The average molecular weight is 424 g/mol. The highest BCUT2D eigenvalue weighted by atomic mass is 79.9. The van der Waals surface area contributed by atoms with E-state index in [0.29, 0.717) is 12.0 Å². The average Bonchev–Trinajstić information content (AvgIpc) is 2.85. The predicted octanol–water partition coefficient (Wildman–Crippen LogP) is 3.50. The molecule has 1 fully saturated rings. The van der Waals surface area contributed by atoms with E-state index in [1.807, 2.05) is 6.92 Å². The Hall–Kier alpha value is -2.06. The molecule has 1 N–H and O–H groups in total. The second-order valence-electron chi connectivity index (χ2n) is 6.22. The summed E-state index contributed by atoms with van der Waals surface area (Å²) in [5, 5.41) is 2.56. The van der Waals surface area contributed by atoms with E-state index in [-0.39, 0.29) is 17.8 Å². The van der Waals surface area contributed by atoms with Gasteiger partial charge in [-0.3, -0.25) is 9.36 Å². The zero-order valence-corrected chi connectivity index (χ0v) is 15.9. The second kappa shape index (κ2) is 7.28. The number of anilines is 1. The van der Waals surface area contributed by atoms with Gasteiger partial charge in [0, 0.05) is 17.7 Å². The number of aromatic nitrogens is 2. The topological polar surface area (TPSA) is 73.2 Å². The van der Waals surface area contributed by atoms with E-state index < -0.39 is 22.4 Å². The second-order valence-corrected chi connectivity index (χ2v) is 7.44. The molecule has 1 aliphatic heterocycles. The van der Waals surface area contributed by atoms with E-state index in [4.69, 9.17) is 4.74 Å². The zero-order valence-electron chi connectivity index (χ0n) is 14.4. The molecule has 1 amide bonds. The molecule has 138 valence electrons. The van der Waals surface area contributed by atoms with Gasteiger partial charge in [-0.05, 0) is 40.5 Å². The van der Waals surface area contributed by atoms with Crippen LogP contribution in [0.15, 0.2) is 47.4 Å². The first-order valence-corrected chi connectivity index (χ1v) is 9.12. The van der Waals surface area contributed by atoms with Crippen LogP contribution in [-0.4, -0.2) is 26.1 Å². The molecule has 2 heterocycles. The number of hydrogen-bond donors (Lipinski definition) is 1. The van der Waals surface area contributed by atoms with E-state index in [1.165, 1.54) is 12.3 Å². The highest BCUT2D eigenvalue weighted by molar-refractivity contribution is 9.10. The SMILES string of the molecule is CC[C@H]1OC(n2ccc(NC(=O)c3ccccc3)nc2=O)[C@@](F)(Br)[C@@H]1C. The van der Waals surface area contributed by atoms with Gasteiger partial charge in [0.1, 0.15) is 5.82 Å². The Morgan fingerprint density at radius 3 is 2.65 bits per heavy atom. The summed E-state index contributed by atoms with van der Waals surface area (Å²) in [5.41, 5.74) is -0.258. The number of rotatable bonds is 4. The number of amides is 1. The number of carbonyl (C=O) groups is 1. The minimum Gasteiger partial charge on any atom is -0.350 e. The summed E-state index contributed by atoms with van der Waals surface area (Å²) in [6.07, 6.45) is 0.568. The van der Waals surface area contributed by atoms with Crippen LogP contribution in [0.4, 0.5) is 10.2 Å². The van der Waals surface area contributed by atoms with Gasteiger partial charge in [-0.15, -0.1) is 0 Å². The van der Waals surface area contributed by atoms with Crippen molar-refractivity contribution < 1.29 is 13.9 Å². The number of ether oxygens (including phenoxy) is 1. The fraction of sp³-hybridized carbons (Fsp3) is 0.389. The van der Waals surface area contributed by atoms with Crippen molar-refractivity contribution in [3.63, 3.8) is 0 Å². The highest BCUT2D eigenvalue weighted by Gasteiger charge is 2.54. The van der Waals surface area contributed by atoms with Crippen molar-refractivity contribution in [2.75, 3.05) is 5.32 Å².